The summed E-state index contributed by atoms with van der Waals surface area (Å²) in [6, 6.07) is 1.53. The fourth-order valence-electron chi connectivity index (χ4n) is 1.81. The number of allylic oxidation sites excluding steroid dienone is 1. The Morgan fingerprint density at radius 2 is 2.12 bits per heavy atom. The van der Waals surface area contributed by atoms with Gasteiger partial charge in [-0.25, -0.2) is 4.79 Å². The lowest BCUT2D eigenvalue weighted by atomic mass is 9.98. The van der Waals surface area contributed by atoms with E-state index < -0.39 is 23.9 Å². The quantitative estimate of drug-likeness (QED) is 0.758. The van der Waals surface area contributed by atoms with Crippen molar-refractivity contribution in [2.75, 3.05) is 0 Å². The Morgan fingerprint density at radius 3 is 2.76 bits per heavy atom. The van der Waals surface area contributed by atoms with Crippen molar-refractivity contribution in [2.24, 2.45) is 0 Å². The molecule has 0 saturated heterocycles. The SMILES string of the molecule is C/C=C/c1cc2c(c(=O)o1)[C@H](O)[C@H](O)[C@@H](C)O2. The summed E-state index contributed by atoms with van der Waals surface area (Å²) in [5.41, 5.74) is -0.710. The predicted octanol–water partition coefficient (Wildman–Crippen LogP) is 0.848. The standard InChI is InChI=1S/C12H14O5/c1-3-4-7-5-8-9(12(15)17-7)11(14)10(13)6(2)16-8/h3-6,10-11,13-14H,1-2H3/b4-3+/t6-,10-,11+/m1/s1. The lowest BCUT2D eigenvalue weighted by molar-refractivity contribution is -0.0636. The number of fused-ring (bicyclic) bond motifs is 1. The maximum atomic E-state index is 11.7. The van der Waals surface area contributed by atoms with Crippen LogP contribution in [0, 0.1) is 0 Å². The maximum absolute atomic E-state index is 11.7. The molecule has 0 spiro atoms. The summed E-state index contributed by atoms with van der Waals surface area (Å²) < 4.78 is 10.4. The van der Waals surface area contributed by atoms with Gasteiger partial charge in [-0.2, -0.15) is 0 Å². The van der Waals surface area contributed by atoms with E-state index in [2.05, 4.69) is 0 Å². The average Bonchev–Trinajstić information content (AvgIpc) is 2.25. The minimum absolute atomic E-state index is 0.0242. The van der Waals surface area contributed by atoms with Gasteiger partial charge < -0.3 is 19.4 Å². The highest BCUT2D eigenvalue weighted by atomic mass is 16.5. The van der Waals surface area contributed by atoms with Gasteiger partial charge in [0, 0.05) is 6.07 Å². The molecule has 17 heavy (non-hydrogen) atoms. The third-order valence-corrected chi connectivity index (χ3v) is 2.71. The molecule has 0 aromatic carbocycles. The predicted molar refractivity (Wildman–Crippen MR) is 60.7 cm³/mol. The zero-order chi connectivity index (χ0) is 12.6. The molecular weight excluding hydrogens is 224 g/mol. The molecule has 3 atom stereocenters. The molecule has 2 heterocycles. The van der Waals surface area contributed by atoms with Gasteiger partial charge in [-0.3, -0.25) is 0 Å². The van der Waals surface area contributed by atoms with Crippen LogP contribution in [-0.4, -0.2) is 22.4 Å². The van der Waals surface area contributed by atoms with Gasteiger partial charge in [0.25, 0.3) is 0 Å². The molecule has 1 aromatic rings. The van der Waals surface area contributed by atoms with E-state index in [1.807, 2.05) is 0 Å². The lowest BCUT2D eigenvalue weighted by Gasteiger charge is -2.31. The van der Waals surface area contributed by atoms with Gasteiger partial charge in [0.1, 0.15) is 35.4 Å². The summed E-state index contributed by atoms with van der Waals surface area (Å²) in [6.45, 7) is 3.42. The summed E-state index contributed by atoms with van der Waals surface area (Å²) in [6.07, 6.45) is 0.371. The molecule has 1 aliphatic heterocycles. The van der Waals surface area contributed by atoms with Gasteiger partial charge >= 0.3 is 5.63 Å². The van der Waals surface area contributed by atoms with E-state index in [4.69, 9.17) is 9.15 Å². The summed E-state index contributed by atoms with van der Waals surface area (Å²) in [5.74, 6) is 0.617. The van der Waals surface area contributed by atoms with E-state index in [9.17, 15) is 15.0 Å². The van der Waals surface area contributed by atoms with Crippen molar-refractivity contribution in [3.8, 4) is 5.75 Å². The van der Waals surface area contributed by atoms with E-state index >= 15 is 0 Å². The summed E-state index contributed by atoms with van der Waals surface area (Å²) >= 11 is 0. The Hall–Kier alpha value is -1.59. The fraction of sp³-hybridized carbons (Fsp3) is 0.417. The lowest BCUT2D eigenvalue weighted by Crippen LogP contribution is -2.40. The van der Waals surface area contributed by atoms with Crippen molar-refractivity contribution < 1.29 is 19.4 Å². The van der Waals surface area contributed by atoms with Crippen molar-refractivity contribution in [1.82, 2.24) is 0 Å². The number of rotatable bonds is 1. The molecule has 0 radical (unpaired) electrons. The Morgan fingerprint density at radius 1 is 1.41 bits per heavy atom. The molecule has 92 valence electrons. The Labute approximate surface area is 98.0 Å². The number of aliphatic hydroxyl groups is 2. The molecule has 1 aliphatic rings. The molecule has 0 unspecified atom stereocenters. The molecule has 0 fully saturated rings. The van der Waals surface area contributed by atoms with E-state index in [0.29, 0.717) is 5.76 Å². The van der Waals surface area contributed by atoms with Gasteiger partial charge in [0.15, 0.2) is 0 Å². The summed E-state index contributed by atoms with van der Waals surface area (Å²) in [5, 5.41) is 19.4. The van der Waals surface area contributed by atoms with E-state index in [1.165, 1.54) is 6.07 Å². The first-order valence-electron chi connectivity index (χ1n) is 5.38. The second-order valence-electron chi connectivity index (χ2n) is 3.97. The van der Waals surface area contributed by atoms with Gasteiger partial charge in [0.2, 0.25) is 0 Å². The highest BCUT2D eigenvalue weighted by molar-refractivity contribution is 5.47. The fourth-order valence-corrected chi connectivity index (χ4v) is 1.81. The molecule has 0 saturated carbocycles. The van der Waals surface area contributed by atoms with Gasteiger partial charge in [0.05, 0.1) is 0 Å². The van der Waals surface area contributed by atoms with Crippen LogP contribution in [0.2, 0.25) is 0 Å². The molecule has 5 nitrogen and oxygen atoms in total. The molecule has 0 amide bonds. The summed E-state index contributed by atoms with van der Waals surface area (Å²) in [7, 11) is 0. The summed E-state index contributed by atoms with van der Waals surface area (Å²) in [4.78, 5) is 11.7. The van der Waals surface area contributed by atoms with Crippen LogP contribution in [-0.2, 0) is 0 Å². The van der Waals surface area contributed by atoms with E-state index in [-0.39, 0.29) is 11.3 Å². The number of hydrogen-bond donors (Lipinski definition) is 2. The molecule has 1 aromatic heterocycles. The van der Waals surface area contributed by atoms with Crippen LogP contribution < -0.4 is 10.4 Å². The number of hydrogen-bond acceptors (Lipinski definition) is 5. The Bertz CT molecular complexity index is 502. The first kappa shape index (κ1) is 11.9. The van der Waals surface area contributed by atoms with Crippen molar-refractivity contribution >= 4 is 6.08 Å². The van der Waals surface area contributed by atoms with Crippen molar-refractivity contribution in [3.63, 3.8) is 0 Å². The zero-order valence-electron chi connectivity index (χ0n) is 9.58. The second kappa shape index (κ2) is 4.35. The third kappa shape index (κ3) is 1.99. The highest BCUT2D eigenvalue weighted by Gasteiger charge is 2.36. The van der Waals surface area contributed by atoms with E-state index in [1.54, 1.807) is 26.0 Å². The molecule has 2 N–H and O–H groups in total. The van der Waals surface area contributed by atoms with Crippen molar-refractivity contribution in [3.05, 3.63) is 33.9 Å². The minimum atomic E-state index is -1.27. The first-order valence-corrected chi connectivity index (χ1v) is 5.38. The van der Waals surface area contributed by atoms with Crippen molar-refractivity contribution in [1.29, 1.82) is 0 Å². The van der Waals surface area contributed by atoms with Crippen molar-refractivity contribution in [2.45, 2.75) is 32.2 Å². The smallest absolute Gasteiger partial charge is 0.345 e. The minimum Gasteiger partial charge on any atom is -0.487 e. The number of ether oxygens (including phenoxy) is 1. The topological polar surface area (TPSA) is 79.9 Å². The first-order chi connectivity index (χ1) is 8.04. The molecule has 5 heteroatoms. The molecule has 0 aliphatic carbocycles. The third-order valence-electron chi connectivity index (χ3n) is 2.71. The Balaban J connectivity index is 2.56. The van der Waals surface area contributed by atoms with Gasteiger partial charge in [-0.15, -0.1) is 0 Å². The van der Waals surface area contributed by atoms with Crippen LogP contribution in [0.15, 0.2) is 21.4 Å². The van der Waals surface area contributed by atoms with Gasteiger partial charge in [-0.05, 0) is 19.9 Å². The van der Waals surface area contributed by atoms with Crippen LogP contribution in [0.1, 0.15) is 31.3 Å². The Kier molecular flexibility index (Phi) is 3.04. The van der Waals surface area contributed by atoms with Crippen LogP contribution >= 0.6 is 0 Å². The molecular formula is C12H14O5. The second-order valence-corrected chi connectivity index (χ2v) is 3.97. The number of aliphatic hydroxyl groups excluding tert-OH is 2. The molecule has 2 rings (SSSR count). The van der Waals surface area contributed by atoms with Crippen LogP contribution in [0.25, 0.3) is 6.08 Å². The average molecular weight is 238 g/mol. The highest BCUT2D eigenvalue weighted by Crippen LogP contribution is 2.33. The normalized spacial score (nSPS) is 27.9. The largest absolute Gasteiger partial charge is 0.487 e. The van der Waals surface area contributed by atoms with E-state index in [0.717, 1.165) is 0 Å². The van der Waals surface area contributed by atoms with Crippen LogP contribution in [0.5, 0.6) is 5.75 Å². The van der Waals surface area contributed by atoms with Gasteiger partial charge in [-0.1, -0.05) is 6.08 Å². The molecule has 0 bridgehead atoms. The zero-order valence-corrected chi connectivity index (χ0v) is 9.58. The van der Waals surface area contributed by atoms with Crippen LogP contribution in [0.4, 0.5) is 0 Å². The monoisotopic (exact) mass is 238 g/mol. The maximum Gasteiger partial charge on any atom is 0.345 e. The van der Waals surface area contributed by atoms with Crippen LogP contribution in [0.3, 0.4) is 0 Å².